The van der Waals surface area contributed by atoms with Crippen LogP contribution >= 0.6 is 0 Å². The standard InChI is InChI=1S/C13H17N3O/c1-4-7-15-13(17)11-6-5-10(14)8-12(11)16(15)9(2)3/h4-6,8-9H,1,7,14H2,2-3H3. The lowest BCUT2D eigenvalue weighted by Gasteiger charge is -2.15. The fraction of sp³-hybridized carbons (Fsp3) is 0.308. The smallest absolute Gasteiger partial charge is 0.274 e. The van der Waals surface area contributed by atoms with Crippen molar-refractivity contribution in [1.29, 1.82) is 0 Å². The van der Waals surface area contributed by atoms with E-state index in [0.29, 0.717) is 17.6 Å². The van der Waals surface area contributed by atoms with E-state index < -0.39 is 0 Å². The summed E-state index contributed by atoms with van der Waals surface area (Å²) in [6.45, 7) is 8.28. The molecule has 2 N–H and O–H groups in total. The number of nitrogens with two attached hydrogens (primary N) is 1. The molecule has 90 valence electrons. The normalized spacial score (nSPS) is 11.2. The molecule has 1 aromatic heterocycles. The molecule has 2 aromatic rings. The largest absolute Gasteiger partial charge is 0.399 e. The molecule has 0 bridgehead atoms. The van der Waals surface area contributed by atoms with Gasteiger partial charge in [0, 0.05) is 11.7 Å². The molecule has 1 heterocycles. The summed E-state index contributed by atoms with van der Waals surface area (Å²) in [7, 11) is 0. The van der Waals surface area contributed by atoms with E-state index in [1.165, 1.54) is 0 Å². The van der Waals surface area contributed by atoms with Crippen molar-refractivity contribution in [2.75, 3.05) is 5.73 Å². The third-order valence-electron chi connectivity index (χ3n) is 2.78. The Labute approximate surface area is 99.9 Å². The molecule has 0 unspecified atom stereocenters. The molecule has 1 aromatic carbocycles. The molecule has 0 atom stereocenters. The fourth-order valence-corrected chi connectivity index (χ4v) is 2.14. The van der Waals surface area contributed by atoms with Gasteiger partial charge in [0.1, 0.15) is 0 Å². The van der Waals surface area contributed by atoms with Gasteiger partial charge in [0.2, 0.25) is 0 Å². The lowest BCUT2D eigenvalue weighted by molar-refractivity contribution is 0.439. The number of benzene rings is 1. The molecule has 4 nitrogen and oxygen atoms in total. The number of nitrogens with zero attached hydrogens (tertiary/aromatic N) is 2. The highest BCUT2D eigenvalue weighted by Crippen LogP contribution is 2.19. The van der Waals surface area contributed by atoms with Crippen LogP contribution in [0.5, 0.6) is 0 Å². The average Bonchev–Trinajstić information content (AvgIpc) is 2.52. The summed E-state index contributed by atoms with van der Waals surface area (Å²) >= 11 is 0. The highest BCUT2D eigenvalue weighted by atomic mass is 16.1. The summed E-state index contributed by atoms with van der Waals surface area (Å²) in [6, 6.07) is 5.58. The van der Waals surface area contributed by atoms with Crippen LogP contribution in [0, 0.1) is 0 Å². The molecule has 4 heteroatoms. The SMILES string of the molecule is C=CCn1c(=O)c2ccc(N)cc2n1C(C)C. The van der Waals surface area contributed by atoms with Crippen molar-refractivity contribution in [2.24, 2.45) is 0 Å². The van der Waals surface area contributed by atoms with Gasteiger partial charge in [0.15, 0.2) is 0 Å². The monoisotopic (exact) mass is 231 g/mol. The maximum absolute atomic E-state index is 12.2. The average molecular weight is 231 g/mol. The predicted octanol–water partition coefficient (Wildman–Crippen LogP) is 2.15. The van der Waals surface area contributed by atoms with E-state index >= 15 is 0 Å². The Morgan fingerprint density at radius 2 is 2.18 bits per heavy atom. The van der Waals surface area contributed by atoms with Crippen LogP contribution in [-0.4, -0.2) is 9.36 Å². The fourth-order valence-electron chi connectivity index (χ4n) is 2.14. The van der Waals surface area contributed by atoms with E-state index in [2.05, 4.69) is 6.58 Å². The Balaban J connectivity index is 2.88. The van der Waals surface area contributed by atoms with E-state index in [4.69, 9.17) is 5.73 Å². The number of hydrogen-bond acceptors (Lipinski definition) is 2. The molecule has 0 spiro atoms. The molecule has 17 heavy (non-hydrogen) atoms. The Kier molecular flexibility index (Phi) is 2.79. The zero-order chi connectivity index (χ0) is 12.6. The van der Waals surface area contributed by atoms with Crippen LogP contribution in [0.2, 0.25) is 0 Å². The highest BCUT2D eigenvalue weighted by molar-refractivity contribution is 5.82. The second-order valence-corrected chi connectivity index (χ2v) is 4.39. The summed E-state index contributed by atoms with van der Waals surface area (Å²) in [6.07, 6.45) is 1.72. The maximum atomic E-state index is 12.2. The Bertz CT molecular complexity index is 619. The first kappa shape index (κ1) is 11.5. The second-order valence-electron chi connectivity index (χ2n) is 4.39. The number of anilines is 1. The Hall–Kier alpha value is -1.97. The molecule has 0 aliphatic carbocycles. The van der Waals surface area contributed by atoms with Gasteiger partial charge in [0.05, 0.1) is 17.4 Å². The van der Waals surface area contributed by atoms with E-state index in [-0.39, 0.29) is 11.6 Å². The summed E-state index contributed by atoms with van der Waals surface area (Å²) in [4.78, 5) is 12.2. The zero-order valence-electron chi connectivity index (χ0n) is 10.2. The topological polar surface area (TPSA) is 52.9 Å². The molecule has 0 saturated carbocycles. The molecule has 0 fully saturated rings. The minimum absolute atomic E-state index is 0.00796. The Morgan fingerprint density at radius 1 is 1.47 bits per heavy atom. The van der Waals surface area contributed by atoms with E-state index in [1.807, 2.05) is 24.6 Å². The summed E-state index contributed by atoms with van der Waals surface area (Å²) < 4.78 is 3.66. The third kappa shape index (κ3) is 1.75. The van der Waals surface area contributed by atoms with Crippen molar-refractivity contribution in [3.05, 3.63) is 41.2 Å². The zero-order valence-corrected chi connectivity index (χ0v) is 10.2. The van der Waals surface area contributed by atoms with Crippen LogP contribution in [0.15, 0.2) is 35.6 Å². The van der Waals surface area contributed by atoms with Crippen molar-refractivity contribution in [3.8, 4) is 0 Å². The van der Waals surface area contributed by atoms with Gasteiger partial charge >= 0.3 is 0 Å². The van der Waals surface area contributed by atoms with Crippen molar-refractivity contribution >= 4 is 16.6 Å². The highest BCUT2D eigenvalue weighted by Gasteiger charge is 2.14. The quantitative estimate of drug-likeness (QED) is 0.650. The van der Waals surface area contributed by atoms with Crippen molar-refractivity contribution in [2.45, 2.75) is 26.4 Å². The molecule has 0 radical (unpaired) electrons. The van der Waals surface area contributed by atoms with Crippen molar-refractivity contribution < 1.29 is 0 Å². The van der Waals surface area contributed by atoms with Gasteiger partial charge in [0.25, 0.3) is 5.56 Å². The Morgan fingerprint density at radius 3 is 2.76 bits per heavy atom. The van der Waals surface area contributed by atoms with Gasteiger partial charge < -0.3 is 5.73 Å². The number of rotatable bonds is 3. The summed E-state index contributed by atoms with van der Waals surface area (Å²) in [5.74, 6) is 0. The molecule has 0 aliphatic rings. The van der Waals surface area contributed by atoms with Crippen molar-refractivity contribution in [3.63, 3.8) is 0 Å². The lowest BCUT2D eigenvalue weighted by atomic mass is 10.2. The maximum Gasteiger partial charge on any atom is 0.274 e. The van der Waals surface area contributed by atoms with Gasteiger partial charge in [-0.05, 0) is 32.0 Å². The van der Waals surface area contributed by atoms with Crippen LogP contribution in [-0.2, 0) is 6.54 Å². The minimum atomic E-state index is 0.00796. The second kappa shape index (κ2) is 4.13. The van der Waals surface area contributed by atoms with Crippen LogP contribution < -0.4 is 11.3 Å². The molecular formula is C13H17N3O. The van der Waals surface area contributed by atoms with Gasteiger partial charge in [-0.3, -0.25) is 9.48 Å². The van der Waals surface area contributed by atoms with E-state index in [0.717, 1.165) is 5.52 Å². The van der Waals surface area contributed by atoms with Gasteiger partial charge in [-0.25, -0.2) is 4.68 Å². The van der Waals surface area contributed by atoms with E-state index in [1.54, 1.807) is 22.9 Å². The van der Waals surface area contributed by atoms with Crippen LogP contribution in [0.4, 0.5) is 5.69 Å². The number of allylic oxidation sites excluding steroid dienone is 1. The number of fused-ring (bicyclic) bond motifs is 1. The lowest BCUT2D eigenvalue weighted by Crippen LogP contribution is -2.23. The predicted molar refractivity (Wildman–Crippen MR) is 71.2 cm³/mol. The molecule has 2 rings (SSSR count). The minimum Gasteiger partial charge on any atom is -0.399 e. The number of aromatic nitrogens is 2. The van der Waals surface area contributed by atoms with Gasteiger partial charge in [-0.1, -0.05) is 6.08 Å². The number of hydrogen-bond donors (Lipinski definition) is 1. The molecule has 0 saturated heterocycles. The van der Waals surface area contributed by atoms with Gasteiger partial charge in [-0.2, -0.15) is 0 Å². The summed E-state index contributed by atoms with van der Waals surface area (Å²) in [5.41, 5.74) is 7.34. The van der Waals surface area contributed by atoms with Crippen LogP contribution in [0.25, 0.3) is 10.9 Å². The summed E-state index contributed by atoms with van der Waals surface area (Å²) in [5, 5.41) is 0.703. The molecular weight excluding hydrogens is 214 g/mol. The number of nitrogen functional groups attached to an aromatic ring is 1. The van der Waals surface area contributed by atoms with E-state index in [9.17, 15) is 4.79 Å². The molecule has 0 amide bonds. The van der Waals surface area contributed by atoms with Gasteiger partial charge in [-0.15, -0.1) is 6.58 Å². The van der Waals surface area contributed by atoms with Crippen LogP contribution in [0.3, 0.4) is 0 Å². The van der Waals surface area contributed by atoms with Crippen molar-refractivity contribution in [1.82, 2.24) is 9.36 Å². The first-order chi connectivity index (χ1) is 8.06. The molecule has 0 aliphatic heterocycles. The first-order valence-corrected chi connectivity index (χ1v) is 5.67. The third-order valence-corrected chi connectivity index (χ3v) is 2.78. The first-order valence-electron chi connectivity index (χ1n) is 5.67. The van der Waals surface area contributed by atoms with Crippen LogP contribution in [0.1, 0.15) is 19.9 Å².